The predicted molar refractivity (Wildman–Crippen MR) is 137 cm³/mol. The maximum Gasteiger partial charge on any atom is 0.251 e. The zero-order valence-electron chi connectivity index (χ0n) is 21.9. The van der Waals surface area contributed by atoms with E-state index in [1.807, 2.05) is 32.0 Å². The molecule has 1 aromatic carbocycles. The molecular formula is C26H44N6O2. The fourth-order valence-corrected chi connectivity index (χ4v) is 4.31. The molecule has 0 saturated carbocycles. The lowest BCUT2D eigenvalue weighted by molar-refractivity contribution is -0.132. The molecule has 0 radical (unpaired) electrons. The molecule has 0 aliphatic carbocycles. The number of unbranched alkanes of at least 4 members (excludes halogenated alkanes) is 1. The van der Waals surface area contributed by atoms with Crippen molar-refractivity contribution in [3.8, 4) is 6.07 Å². The van der Waals surface area contributed by atoms with Crippen LogP contribution in [0.1, 0.15) is 75.8 Å². The van der Waals surface area contributed by atoms with E-state index >= 15 is 0 Å². The summed E-state index contributed by atoms with van der Waals surface area (Å²) < 4.78 is 0. The van der Waals surface area contributed by atoms with Crippen molar-refractivity contribution in [2.24, 2.45) is 5.73 Å². The molecule has 0 spiro atoms. The highest BCUT2D eigenvalue weighted by Crippen LogP contribution is 2.29. The minimum atomic E-state index is -0.649. The number of carbonyl (C=O) groups is 2. The second-order valence-electron chi connectivity index (χ2n) is 8.51. The molecule has 190 valence electrons. The minimum absolute atomic E-state index is 0.0783. The predicted octanol–water partition coefficient (Wildman–Crippen LogP) is 2.97. The summed E-state index contributed by atoms with van der Waals surface area (Å²) in [6.07, 6.45) is 2.81. The number of hydrogen-bond acceptors (Lipinski definition) is 6. The molecule has 1 fully saturated rings. The third-order valence-corrected chi connectivity index (χ3v) is 6.26. The first-order chi connectivity index (χ1) is 16.4. The third kappa shape index (κ3) is 8.08. The van der Waals surface area contributed by atoms with E-state index in [4.69, 9.17) is 11.0 Å². The molecule has 3 atom stereocenters. The quantitative estimate of drug-likeness (QED) is 0.480. The fraction of sp³-hybridized carbons (Fsp3) is 0.654. The van der Waals surface area contributed by atoms with Crippen molar-refractivity contribution in [2.45, 2.75) is 72.0 Å². The molecule has 8 nitrogen and oxygen atoms in total. The van der Waals surface area contributed by atoms with Crippen LogP contribution < -0.4 is 11.1 Å². The van der Waals surface area contributed by atoms with Crippen LogP contribution in [0.3, 0.4) is 0 Å². The smallest absolute Gasteiger partial charge is 0.251 e. The zero-order chi connectivity index (χ0) is 25.7. The highest BCUT2D eigenvalue weighted by atomic mass is 16.2. The van der Waals surface area contributed by atoms with Gasteiger partial charge in [0.15, 0.2) is 0 Å². The molecule has 2 amide bonds. The Morgan fingerprint density at radius 1 is 1.32 bits per heavy atom. The number of hydrogen-bond donors (Lipinski definition) is 2. The number of nitrogens with one attached hydrogen (secondary N) is 1. The van der Waals surface area contributed by atoms with E-state index in [9.17, 15) is 9.59 Å². The highest BCUT2D eigenvalue weighted by Gasteiger charge is 2.35. The van der Waals surface area contributed by atoms with Crippen LogP contribution in [0.5, 0.6) is 0 Å². The molecule has 1 aromatic rings. The Balaban J connectivity index is 0.00000281. The first-order valence-corrected chi connectivity index (χ1v) is 12.6. The van der Waals surface area contributed by atoms with Gasteiger partial charge in [-0.15, -0.1) is 0 Å². The SMILES string of the molecule is CC.CCCCN(CC#N)C(=O)[C@@H](N)CN1C[C@H](CC)N(C(C)c2cccc(C(=O)NC)c2)C1. The number of benzene rings is 1. The average molecular weight is 473 g/mol. The van der Waals surface area contributed by atoms with Gasteiger partial charge in [-0.2, -0.15) is 5.26 Å². The molecule has 1 aliphatic rings. The van der Waals surface area contributed by atoms with Crippen LogP contribution in [0, 0.1) is 11.3 Å². The summed E-state index contributed by atoms with van der Waals surface area (Å²) >= 11 is 0. The van der Waals surface area contributed by atoms with Crippen LogP contribution in [0.2, 0.25) is 0 Å². The second-order valence-corrected chi connectivity index (χ2v) is 8.51. The Morgan fingerprint density at radius 2 is 2.03 bits per heavy atom. The molecule has 0 bridgehead atoms. The average Bonchev–Trinajstić information content (AvgIpc) is 3.29. The Kier molecular flexibility index (Phi) is 13.4. The molecular weight excluding hydrogens is 428 g/mol. The van der Waals surface area contributed by atoms with E-state index in [1.165, 1.54) is 0 Å². The summed E-state index contributed by atoms with van der Waals surface area (Å²) in [5.74, 6) is -0.249. The van der Waals surface area contributed by atoms with Crippen molar-refractivity contribution in [3.05, 3.63) is 35.4 Å². The first kappa shape index (κ1) is 29.6. The fourth-order valence-electron chi connectivity index (χ4n) is 4.31. The summed E-state index contributed by atoms with van der Waals surface area (Å²) in [6, 6.07) is 9.63. The standard InChI is InChI=1S/C24H38N6O2.C2H6/c1-5-7-12-29(13-11-25)24(32)22(26)16-28-15-21(6-2)30(17-28)18(3)19-9-8-10-20(14-19)23(31)27-4;1-2/h8-10,14,18,21-22H,5-7,12-13,15-17,26H2,1-4H3,(H,27,31);1-2H3/t18?,21-,22-;/m0./s1. The van der Waals surface area contributed by atoms with Crippen LogP contribution in [-0.2, 0) is 4.79 Å². The van der Waals surface area contributed by atoms with Crippen molar-refractivity contribution in [1.29, 1.82) is 5.26 Å². The van der Waals surface area contributed by atoms with Gasteiger partial charge in [0.1, 0.15) is 6.54 Å². The van der Waals surface area contributed by atoms with E-state index in [0.29, 0.717) is 31.4 Å². The number of rotatable bonds is 11. The van der Waals surface area contributed by atoms with Crippen LogP contribution in [0.25, 0.3) is 0 Å². The van der Waals surface area contributed by atoms with Crippen LogP contribution in [0.15, 0.2) is 24.3 Å². The van der Waals surface area contributed by atoms with Crippen molar-refractivity contribution in [2.75, 3.05) is 39.9 Å². The van der Waals surface area contributed by atoms with E-state index < -0.39 is 6.04 Å². The normalized spacial score (nSPS) is 17.8. The summed E-state index contributed by atoms with van der Waals surface area (Å²) in [4.78, 5) is 31.1. The van der Waals surface area contributed by atoms with E-state index in [2.05, 4.69) is 48.0 Å². The molecule has 8 heteroatoms. The third-order valence-electron chi connectivity index (χ3n) is 6.26. The molecule has 34 heavy (non-hydrogen) atoms. The van der Waals surface area contributed by atoms with Gasteiger partial charge in [0.05, 0.1) is 18.8 Å². The lowest BCUT2D eigenvalue weighted by Gasteiger charge is -2.30. The van der Waals surface area contributed by atoms with Crippen molar-refractivity contribution >= 4 is 11.8 Å². The topological polar surface area (TPSA) is 106 Å². The molecule has 1 unspecified atom stereocenters. The van der Waals surface area contributed by atoms with Crippen molar-refractivity contribution in [3.63, 3.8) is 0 Å². The largest absolute Gasteiger partial charge is 0.355 e. The highest BCUT2D eigenvalue weighted by molar-refractivity contribution is 5.94. The van der Waals surface area contributed by atoms with Gasteiger partial charge in [-0.3, -0.25) is 19.4 Å². The van der Waals surface area contributed by atoms with Crippen LogP contribution in [0.4, 0.5) is 0 Å². The summed E-state index contributed by atoms with van der Waals surface area (Å²) in [5.41, 5.74) is 8.02. The maximum atomic E-state index is 12.8. The molecule has 1 saturated heterocycles. The van der Waals surface area contributed by atoms with Gasteiger partial charge >= 0.3 is 0 Å². The zero-order valence-corrected chi connectivity index (χ0v) is 21.9. The second kappa shape index (κ2) is 15.4. The Bertz CT molecular complexity index is 809. The monoisotopic (exact) mass is 472 g/mol. The Labute approximate surface area is 206 Å². The lowest BCUT2D eigenvalue weighted by Crippen LogP contribution is -2.50. The summed E-state index contributed by atoms with van der Waals surface area (Å²) in [7, 11) is 1.63. The summed E-state index contributed by atoms with van der Waals surface area (Å²) in [6.45, 7) is 13.0. The molecule has 2 rings (SSSR count). The van der Waals surface area contributed by atoms with Gasteiger partial charge in [-0.05, 0) is 37.5 Å². The lowest BCUT2D eigenvalue weighted by atomic mass is 10.0. The molecule has 1 heterocycles. The molecule has 3 N–H and O–H groups in total. The number of nitrogens with zero attached hydrogens (tertiary/aromatic N) is 4. The van der Waals surface area contributed by atoms with Gasteiger partial charge in [-0.1, -0.05) is 46.2 Å². The summed E-state index contributed by atoms with van der Waals surface area (Å²) in [5, 5.41) is 11.7. The van der Waals surface area contributed by atoms with E-state index in [0.717, 1.165) is 31.4 Å². The van der Waals surface area contributed by atoms with Gasteiger partial charge in [0.25, 0.3) is 5.91 Å². The number of amides is 2. The van der Waals surface area contributed by atoms with Crippen LogP contribution in [-0.4, -0.2) is 78.5 Å². The van der Waals surface area contributed by atoms with Crippen LogP contribution >= 0.6 is 0 Å². The number of carbonyl (C=O) groups excluding carboxylic acids is 2. The number of nitrogens with two attached hydrogens (primary N) is 1. The van der Waals surface area contributed by atoms with Crippen molar-refractivity contribution in [1.82, 2.24) is 20.0 Å². The van der Waals surface area contributed by atoms with Crippen molar-refractivity contribution < 1.29 is 9.59 Å². The van der Waals surface area contributed by atoms with E-state index in [1.54, 1.807) is 11.9 Å². The first-order valence-electron chi connectivity index (χ1n) is 12.6. The minimum Gasteiger partial charge on any atom is -0.355 e. The van der Waals surface area contributed by atoms with Gasteiger partial charge in [0, 0.05) is 44.3 Å². The molecule has 0 aromatic heterocycles. The van der Waals surface area contributed by atoms with Gasteiger partial charge in [0.2, 0.25) is 5.91 Å². The number of nitriles is 1. The van der Waals surface area contributed by atoms with Gasteiger partial charge < -0.3 is 16.0 Å². The molecule has 1 aliphatic heterocycles. The Hall–Kier alpha value is -2.47. The maximum absolute atomic E-state index is 12.8. The Morgan fingerprint density at radius 3 is 2.62 bits per heavy atom. The van der Waals surface area contributed by atoms with Gasteiger partial charge in [-0.25, -0.2) is 0 Å². The van der Waals surface area contributed by atoms with E-state index in [-0.39, 0.29) is 24.4 Å².